The molecule has 2 aromatic rings. The van der Waals surface area contributed by atoms with E-state index in [1.54, 1.807) is 12.1 Å². The van der Waals surface area contributed by atoms with Crippen LogP contribution in [0.3, 0.4) is 0 Å². The molecular weight excluding hydrogens is 240 g/mol. The van der Waals surface area contributed by atoms with Crippen LogP contribution in [-0.4, -0.2) is 11.6 Å². The van der Waals surface area contributed by atoms with E-state index in [0.717, 1.165) is 16.9 Å². The molecular formula is C16H12O3. The van der Waals surface area contributed by atoms with Crippen molar-refractivity contribution in [3.63, 3.8) is 0 Å². The van der Waals surface area contributed by atoms with Crippen LogP contribution in [0.5, 0.6) is 11.5 Å². The van der Waals surface area contributed by atoms with E-state index < -0.39 is 5.79 Å². The van der Waals surface area contributed by atoms with Gasteiger partial charge in [0.15, 0.2) is 0 Å². The van der Waals surface area contributed by atoms with Crippen LogP contribution in [0.1, 0.15) is 21.5 Å². The van der Waals surface area contributed by atoms with Crippen LogP contribution in [0.15, 0.2) is 42.5 Å². The molecule has 2 aromatic carbocycles. The van der Waals surface area contributed by atoms with Gasteiger partial charge in [0.2, 0.25) is 0 Å². The van der Waals surface area contributed by atoms with Crippen molar-refractivity contribution >= 4 is 5.78 Å². The van der Waals surface area contributed by atoms with E-state index in [2.05, 4.69) is 0 Å². The highest BCUT2D eigenvalue weighted by atomic mass is 16.7. The quantitative estimate of drug-likeness (QED) is 0.723. The van der Waals surface area contributed by atoms with Gasteiger partial charge in [-0.2, -0.15) is 0 Å². The fourth-order valence-corrected chi connectivity index (χ4v) is 2.77. The summed E-state index contributed by atoms with van der Waals surface area (Å²) in [4.78, 5) is 12.5. The van der Waals surface area contributed by atoms with E-state index in [-0.39, 0.29) is 5.78 Å². The topological polar surface area (TPSA) is 35.5 Å². The van der Waals surface area contributed by atoms with Crippen LogP contribution in [0.25, 0.3) is 0 Å². The lowest BCUT2D eigenvalue weighted by Crippen LogP contribution is -2.44. The molecule has 0 aromatic heterocycles. The summed E-state index contributed by atoms with van der Waals surface area (Å²) < 4.78 is 11.7. The van der Waals surface area contributed by atoms with Crippen molar-refractivity contribution in [2.24, 2.45) is 0 Å². The number of aryl methyl sites for hydroxylation is 1. The van der Waals surface area contributed by atoms with Gasteiger partial charge in [0.25, 0.3) is 5.78 Å². The van der Waals surface area contributed by atoms with Crippen molar-refractivity contribution in [2.45, 2.75) is 19.1 Å². The second-order valence-electron chi connectivity index (χ2n) is 5.07. The van der Waals surface area contributed by atoms with Gasteiger partial charge in [-0.15, -0.1) is 0 Å². The first kappa shape index (κ1) is 10.6. The van der Waals surface area contributed by atoms with Gasteiger partial charge in [-0.1, -0.05) is 29.8 Å². The zero-order chi connectivity index (χ0) is 13.0. The first-order chi connectivity index (χ1) is 9.18. The molecule has 1 atom stereocenters. The smallest absolute Gasteiger partial charge is 0.320 e. The number of ether oxygens (including phenoxy) is 2. The molecule has 94 valence electrons. The minimum Gasteiger partial charge on any atom is -0.445 e. The maximum Gasteiger partial charge on any atom is 0.320 e. The van der Waals surface area contributed by atoms with Crippen LogP contribution in [0.2, 0.25) is 0 Å². The predicted octanol–water partition coefficient (Wildman–Crippen LogP) is 2.90. The van der Waals surface area contributed by atoms with Crippen molar-refractivity contribution in [1.82, 2.24) is 0 Å². The van der Waals surface area contributed by atoms with Crippen molar-refractivity contribution in [1.29, 1.82) is 0 Å². The summed E-state index contributed by atoms with van der Waals surface area (Å²) in [5, 5.41) is 0. The Kier molecular flexibility index (Phi) is 1.89. The standard InChI is InChI=1S/C16H12O3/c1-10-6-7-13-11(8-10)9-16(18-13)15(17)12-4-2-3-5-14(12)19-16/h2-8H,9H2,1H3. The number of fused-ring (bicyclic) bond motifs is 2. The van der Waals surface area contributed by atoms with Gasteiger partial charge in [-0.25, -0.2) is 0 Å². The van der Waals surface area contributed by atoms with E-state index in [9.17, 15) is 4.79 Å². The molecule has 2 heterocycles. The molecule has 3 nitrogen and oxygen atoms in total. The zero-order valence-corrected chi connectivity index (χ0v) is 10.5. The molecule has 1 unspecified atom stereocenters. The highest BCUT2D eigenvalue weighted by Crippen LogP contribution is 2.44. The van der Waals surface area contributed by atoms with E-state index in [1.165, 1.54) is 0 Å². The summed E-state index contributed by atoms with van der Waals surface area (Å²) in [5.74, 6) is 0.0838. The number of Topliss-reactive ketones (excluding diaryl/α,β-unsaturated/α-hetero) is 1. The van der Waals surface area contributed by atoms with Gasteiger partial charge in [0.1, 0.15) is 11.5 Å². The summed E-state index contributed by atoms with van der Waals surface area (Å²) >= 11 is 0. The first-order valence-corrected chi connectivity index (χ1v) is 6.29. The molecule has 2 aliphatic rings. The van der Waals surface area contributed by atoms with Crippen LogP contribution in [-0.2, 0) is 6.42 Å². The molecule has 0 amide bonds. The number of hydrogen-bond acceptors (Lipinski definition) is 3. The number of rotatable bonds is 0. The molecule has 0 radical (unpaired) electrons. The SMILES string of the molecule is Cc1ccc2c(c1)CC1(O2)Oc2ccccc2C1=O. The largest absolute Gasteiger partial charge is 0.445 e. The summed E-state index contributed by atoms with van der Waals surface area (Å²) in [6, 6.07) is 13.2. The number of ketones is 1. The van der Waals surface area contributed by atoms with Gasteiger partial charge in [0, 0.05) is 5.56 Å². The molecule has 0 saturated carbocycles. The number of carbonyl (C=O) groups is 1. The van der Waals surface area contributed by atoms with Crippen LogP contribution >= 0.6 is 0 Å². The lowest BCUT2D eigenvalue weighted by Gasteiger charge is -2.20. The number of benzene rings is 2. The van der Waals surface area contributed by atoms with Gasteiger partial charge < -0.3 is 9.47 Å². The Morgan fingerprint density at radius 3 is 2.68 bits per heavy atom. The molecule has 4 rings (SSSR count). The third-order valence-corrected chi connectivity index (χ3v) is 3.67. The molecule has 0 fully saturated rings. The molecule has 19 heavy (non-hydrogen) atoms. The number of hydrogen-bond donors (Lipinski definition) is 0. The molecule has 0 aliphatic carbocycles. The third-order valence-electron chi connectivity index (χ3n) is 3.67. The molecule has 0 saturated heterocycles. The molecule has 0 bridgehead atoms. The Morgan fingerprint density at radius 2 is 1.84 bits per heavy atom. The third kappa shape index (κ3) is 1.35. The minimum atomic E-state index is -1.18. The van der Waals surface area contributed by atoms with Crippen molar-refractivity contribution in [3.8, 4) is 11.5 Å². The van der Waals surface area contributed by atoms with Crippen molar-refractivity contribution in [2.75, 3.05) is 0 Å². The van der Waals surface area contributed by atoms with E-state index >= 15 is 0 Å². The van der Waals surface area contributed by atoms with E-state index in [0.29, 0.717) is 17.7 Å². The van der Waals surface area contributed by atoms with Gasteiger partial charge in [0.05, 0.1) is 12.0 Å². The maximum atomic E-state index is 12.5. The summed E-state index contributed by atoms with van der Waals surface area (Å²) in [6.07, 6.45) is 0.470. The van der Waals surface area contributed by atoms with Crippen LogP contribution in [0, 0.1) is 6.92 Å². The monoisotopic (exact) mass is 252 g/mol. The fourth-order valence-electron chi connectivity index (χ4n) is 2.77. The van der Waals surface area contributed by atoms with Crippen LogP contribution < -0.4 is 9.47 Å². The average molecular weight is 252 g/mol. The maximum absolute atomic E-state index is 12.5. The second-order valence-corrected chi connectivity index (χ2v) is 5.07. The van der Waals surface area contributed by atoms with Gasteiger partial charge in [-0.05, 0) is 25.1 Å². The molecule has 3 heteroatoms. The fraction of sp³-hybridized carbons (Fsp3) is 0.188. The second kappa shape index (κ2) is 3.38. The van der Waals surface area contributed by atoms with E-state index in [4.69, 9.17) is 9.47 Å². The Morgan fingerprint density at radius 1 is 1.05 bits per heavy atom. The minimum absolute atomic E-state index is 0.0862. The normalized spacial score (nSPS) is 22.9. The summed E-state index contributed by atoms with van der Waals surface area (Å²) in [5.41, 5.74) is 2.79. The van der Waals surface area contributed by atoms with Crippen molar-refractivity contribution in [3.05, 3.63) is 59.2 Å². The van der Waals surface area contributed by atoms with Crippen LogP contribution in [0.4, 0.5) is 0 Å². The molecule has 1 spiro atoms. The van der Waals surface area contributed by atoms with Crippen molar-refractivity contribution < 1.29 is 14.3 Å². The predicted molar refractivity (Wildman–Crippen MR) is 69.6 cm³/mol. The Balaban J connectivity index is 1.79. The summed E-state index contributed by atoms with van der Waals surface area (Å²) in [6.45, 7) is 2.03. The highest BCUT2D eigenvalue weighted by molar-refractivity contribution is 6.07. The van der Waals surface area contributed by atoms with Gasteiger partial charge in [-0.3, -0.25) is 4.79 Å². The molecule has 2 aliphatic heterocycles. The average Bonchev–Trinajstić information content (AvgIpc) is 2.89. The Labute approximate surface area is 110 Å². The first-order valence-electron chi connectivity index (χ1n) is 6.29. The Hall–Kier alpha value is -2.29. The lowest BCUT2D eigenvalue weighted by molar-refractivity contribution is -0.0531. The highest BCUT2D eigenvalue weighted by Gasteiger charge is 2.54. The van der Waals surface area contributed by atoms with E-state index in [1.807, 2.05) is 37.3 Å². The molecule has 0 N–H and O–H groups in total. The number of para-hydroxylation sites is 1. The van der Waals surface area contributed by atoms with Gasteiger partial charge >= 0.3 is 5.79 Å². The zero-order valence-electron chi connectivity index (χ0n) is 10.5. The summed E-state index contributed by atoms with van der Waals surface area (Å²) in [7, 11) is 0. The lowest BCUT2D eigenvalue weighted by atomic mass is 10.00. The Bertz CT molecular complexity index is 705. The number of carbonyl (C=O) groups excluding carboxylic acids is 1.